The van der Waals surface area contributed by atoms with Crippen LogP contribution in [0.5, 0.6) is 0 Å². The van der Waals surface area contributed by atoms with Gasteiger partial charge in [-0.25, -0.2) is 8.78 Å². The lowest BCUT2D eigenvalue weighted by molar-refractivity contribution is -0.116. The number of nitrogens with zero attached hydrogens (tertiary/aromatic N) is 2. The standard InChI is InChI=1S/C19H17F2N3O2/c1-12-11-15(21)9-10-16(12)22-17(25)3-2-4-18-23-19(24-26-18)13-5-7-14(20)8-6-13/h5-11H,2-4H2,1H3,(H,22,25). The fourth-order valence-electron chi connectivity index (χ4n) is 2.45. The first-order valence-electron chi connectivity index (χ1n) is 8.16. The number of rotatable bonds is 6. The van der Waals surface area contributed by atoms with Crippen LogP contribution in [0.15, 0.2) is 47.0 Å². The molecule has 26 heavy (non-hydrogen) atoms. The Labute approximate surface area is 149 Å². The highest BCUT2D eigenvalue weighted by atomic mass is 19.1. The van der Waals surface area contributed by atoms with Crippen molar-refractivity contribution in [2.24, 2.45) is 0 Å². The van der Waals surface area contributed by atoms with Gasteiger partial charge in [-0.3, -0.25) is 4.79 Å². The van der Waals surface area contributed by atoms with Crippen LogP contribution in [0.2, 0.25) is 0 Å². The molecule has 0 saturated carbocycles. The first kappa shape index (κ1) is 17.7. The van der Waals surface area contributed by atoms with Crippen molar-refractivity contribution in [2.45, 2.75) is 26.2 Å². The summed E-state index contributed by atoms with van der Waals surface area (Å²) in [5.41, 5.74) is 1.91. The number of halogens is 2. The maximum absolute atomic E-state index is 13.1. The minimum atomic E-state index is -0.339. The molecule has 2 aromatic carbocycles. The second-order valence-corrected chi connectivity index (χ2v) is 5.88. The molecule has 0 aliphatic rings. The third kappa shape index (κ3) is 4.50. The Morgan fingerprint density at radius 1 is 1.12 bits per heavy atom. The van der Waals surface area contributed by atoms with Crippen LogP contribution in [-0.4, -0.2) is 16.0 Å². The molecule has 0 atom stereocenters. The zero-order valence-electron chi connectivity index (χ0n) is 14.1. The fourth-order valence-corrected chi connectivity index (χ4v) is 2.45. The van der Waals surface area contributed by atoms with E-state index in [1.165, 1.54) is 30.3 Å². The van der Waals surface area contributed by atoms with Gasteiger partial charge in [0.15, 0.2) is 0 Å². The quantitative estimate of drug-likeness (QED) is 0.715. The number of hydrogen-bond donors (Lipinski definition) is 1. The van der Waals surface area contributed by atoms with Crippen LogP contribution >= 0.6 is 0 Å². The largest absolute Gasteiger partial charge is 0.339 e. The first-order chi connectivity index (χ1) is 12.5. The molecule has 3 aromatic rings. The minimum absolute atomic E-state index is 0.169. The maximum Gasteiger partial charge on any atom is 0.226 e. The summed E-state index contributed by atoms with van der Waals surface area (Å²) >= 11 is 0. The van der Waals surface area contributed by atoms with E-state index >= 15 is 0 Å². The Balaban J connectivity index is 1.50. The van der Waals surface area contributed by atoms with Gasteiger partial charge < -0.3 is 9.84 Å². The number of aryl methyl sites for hydroxylation is 2. The summed E-state index contributed by atoms with van der Waals surface area (Å²) in [5.74, 6) is -0.0480. The number of hydrogen-bond acceptors (Lipinski definition) is 4. The lowest BCUT2D eigenvalue weighted by Gasteiger charge is -2.07. The van der Waals surface area contributed by atoms with Gasteiger partial charge in [-0.2, -0.15) is 4.98 Å². The number of amides is 1. The molecule has 1 heterocycles. The van der Waals surface area contributed by atoms with Gasteiger partial charge in [-0.15, -0.1) is 0 Å². The topological polar surface area (TPSA) is 68.0 Å². The van der Waals surface area contributed by atoms with Crippen molar-refractivity contribution >= 4 is 11.6 Å². The van der Waals surface area contributed by atoms with Crippen molar-refractivity contribution in [1.29, 1.82) is 0 Å². The van der Waals surface area contributed by atoms with E-state index in [1.54, 1.807) is 19.1 Å². The van der Waals surface area contributed by atoms with Crippen LogP contribution in [0.25, 0.3) is 11.4 Å². The molecule has 3 rings (SSSR count). The normalized spacial score (nSPS) is 10.7. The molecule has 1 amide bonds. The van der Waals surface area contributed by atoms with Crippen molar-refractivity contribution in [3.05, 3.63) is 65.6 Å². The number of anilines is 1. The Morgan fingerprint density at radius 3 is 2.58 bits per heavy atom. The van der Waals surface area contributed by atoms with Gasteiger partial charge in [0.2, 0.25) is 17.6 Å². The van der Waals surface area contributed by atoms with Gasteiger partial charge in [-0.1, -0.05) is 5.16 Å². The molecule has 134 valence electrons. The number of nitrogens with one attached hydrogen (secondary N) is 1. The SMILES string of the molecule is Cc1cc(F)ccc1NC(=O)CCCc1nc(-c2ccc(F)cc2)no1. The van der Waals surface area contributed by atoms with Crippen molar-refractivity contribution in [3.63, 3.8) is 0 Å². The predicted octanol–water partition coefficient (Wildman–Crippen LogP) is 4.28. The molecular weight excluding hydrogens is 340 g/mol. The summed E-state index contributed by atoms with van der Waals surface area (Å²) < 4.78 is 31.1. The minimum Gasteiger partial charge on any atom is -0.339 e. The van der Waals surface area contributed by atoms with Crippen LogP contribution in [0.4, 0.5) is 14.5 Å². The highest BCUT2D eigenvalue weighted by Gasteiger charge is 2.10. The zero-order valence-corrected chi connectivity index (χ0v) is 14.1. The summed E-state index contributed by atoms with van der Waals surface area (Å²) in [6.07, 6.45) is 1.24. The summed E-state index contributed by atoms with van der Waals surface area (Å²) in [6.45, 7) is 1.73. The Bertz CT molecular complexity index is 907. The van der Waals surface area contributed by atoms with E-state index in [0.29, 0.717) is 41.4 Å². The number of carbonyl (C=O) groups excluding carboxylic acids is 1. The lowest BCUT2D eigenvalue weighted by Crippen LogP contribution is -2.12. The van der Waals surface area contributed by atoms with E-state index in [1.807, 2.05) is 0 Å². The molecule has 5 nitrogen and oxygen atoms in total. The molecule has 0 aliphatic carbocycles. The fraction of sp³-hybridized carbons (Fsp3) is 0.211. The summed E-state index contributed by atoms with van der Waals surface area (Å²) in [5, 5.41) is 6.61. The van der Waals surface area contributed by atoms with Gasteiger partial charge in [-0.05, 0) is 61.4 Å². The van der Waals surface area contributed by atoms with Crippen LogP contribution in [0.3, 0.4) is 0 Å². The van der Waals surface area contributed by atoms with Gasteiger partial charge in [0.05, 0.1) is 0 Å². The molecule has 7 heteroatoms. The molecule has 0 radical (unpaired) electrons. The first-order valence-corrected chi connectivity index (χ1v) is 8.16. The maximum atomic E-state index is 13.1. The highest BCUT2D eigenvalue weighted by molar-refractivity contribution is 5.91. The number of benzene rings is 2. The summed E-state index contributed by atoms with van der Waals surface area (Å²) in [6, 6.07) is 10.0. The molecule has 0 aliphatic heterocycles. The van der Waals surface area contributed by atoms with Crippen molar-refractivity contribution < 1.29 is 18.1 Å². The number of carbonyl (C=O) groups is 1. The molecule has 1 N–H and O–H groups in total. The molecule has 0 fully saturated rings. The monoisotopic (exact) mass is 357 g/mol. The van der Waals surface area contributed by atoms with Gasteiger partial charge in [0.25, 0.3) is 0 Å². The van der Waals surface area contributed by atoms with E-state index in [9.17, 15) is 13.6 Å². The van der Waals surface area contributed by atoms with Crippen LogP contribution in [-0.2, 0) is 11.2 Å². The van der Waals surface area contributed by atoms with Gasteiger partial charge in [0, 0.05) is 24.1 Å². The van der Waals surface area contributed by atoms with E-state index < -0.39 is 0 Å². The van der Waals surface area contributed by atoms with Crippen LogP contribution in [0, 0.1) is 18.6 Å². The van der Waals surface area contributed by atoms with Gasteiger partial charge in [0.1, 0.15) is 11.6 Å². The Morgan fingerprint density at radius 2 is 1.85 bits per heavy atom. The molecule has 0 spiro atoms. The van der Waals surface area contributed by atoms with Crippen molar-refractivity contribution in [1.82, 2.24) is 10.1 Å². The summed E-state index contributed by atoms with van der Waals surface area (Å²) in [7, 11) is 0. The van der Waals surface area contributed by atoms with Crippen molar-refractivity contribution in [2.75, 3.05) is 5.32 Å². The number of aromatic nitrogens is 2. The van der Waals surface area contributed by atoms with Gasteiger partial charge >= 0.3 is 0 Å². The third-order valence-corrected chi connectivity index (χ3v) is 3.83. The van der Waals surface area contributed by atoms with E-state index in [-0.39, 0.29) is 24.0 Å². The van der Waals surface area contributed by atoms with E-state index in [0.717, 1.165) is 0 Å². The smallest absolute Gasteiger partial charge is 0.226 e. The van der Waals surface area contributed by atoms with Crippen LogP contribution in [0.1, 0.15) is 24.3 Å². The third-order valence-electron chi connectivity index (χ3n) is 3.83. The molecule has 1 aromatic heterocycles. The second-order valence-electron chi connectivity index (χ2n) is 5.88. The van der Waals surface area contributed by atoms with E-state index in [4.69, 9.17) is 4.52 Å². The molecular formula is C19H17F2N3O2. The molecule has 0 bridgehead atoms. The van der Waals surface area contributed by atoms with E-state index in [2.05, 4.69) is 15.5 Å². The zero-order chi connectivity index (χ0) is 18.5. The second kappa shape index (κ2) is 7.86. The Hall–Kier alpha value is -3.09. The lowest BCUT2D eigenvalue weighted by atomic mass is 10.1. The molecule has 0 saturated heterocycles. The average molecular weight is 357 g/mol. The highest BCUT2D eigenvalue weighted by Crippen LogP contribution is 2.18. The summed E-state index contributed by atoms with van der Waals surface area (Å²) in [4.78, 5) is 16.2. The van der Waals surface area contributed by atoms with Crippen molar-refractivity contribution in [3.8, 4) is 11.4 Å². The molecule has 0 unspecified atom stereocenters. The average Bonchev–Trinajstić information content (AvgIpc) is 3.07. The Kier molecular flexibility index (Phi) is 5.36. The van der Waals surface area contributed by atoms with Crippen LogP contribution < -0.4 is 5.32 Å². The predicted molar refractivity (Wildman–Crippen MR) is 92.4 cm³/mol.